The Morgan fingerprint density at radius 3 is 1.88 bits per heavy atom. The fraction of sp³-hybridized carbons (Fsp3) is 0.207. The maximum atomic E-state index is 12.9. The minimum absolute atomic E-state index is 0.149. The molecule has 0 radical (unpaired) electrons. The van der Waals surface area contributed by atoms with E-state index in [1.165, 1.54) is 25.2 Å². The summed E-state index contributed by atoms with van der Waals surface area (Å²) in [6.07, 6.45) is -1.44. The number of rotatable bonds is 7. The molecule has 0 saturated carbocycles. The standard InChI is InChI=1S/C29H28N4O7/c1-16-5-8-20(13-18(16)3)30-28(37)39-11-12-40-29(38)31-21-9-6-17(2)24(15-21)32-25(34)19-7-10-22-23(14-19)27(36)33(4)26(22)35/h5-10,13-15H,11-12H2,1-4H3,(H,30,37)(H,31,38)(H,32,34). The predicted molar refractivity (Wildman–Crippen MR) is 148 cm³/mol. The van der Waals surface area contributed by atoms with Gasteiger partial charge in [-0.3, -0.25) is 29.9 Å². The second kappa shape index (κ2) is 11.7. The zero-order valence-electron chi connectivity index (χ0n) is 22.4. The molecule has 0 fully saturated rings. The lowest BCUT2D eigenvalue weighted by Crippen LogP contribution is -2.24. The van der Waals surface area contributed by atoms with E-state index >= 15 is 0 Å². The van der Waals surface area contributed by atoms with Gasteiger partial charge < -0.3 is 14.8 Å². The smallest absolute Gasteiger partial charge is 0.411 e. The lowest BCUT2D eigenvalue weighted by atomic mass is 10.0. The molecule has 0 atom stereocenters. The van der Waals surface area contributed by atoms with Crippen molar-refractivity contribution in [2.75, 3.05) is 36.2 Å². The van der Waals surface area contributed by atoms with Crippen LogP contribution in [0.25, 0.3) is 0 Å². The van der Waals surface area contributed by atoms with Gasteiger partial charge >= 0.3 is 12.2 Å². The highest BCUT2D eigenvalue weighted by Gasteiger charge is 2.33. The molecular formula is C29H28N4O7. The number of carbonyl (C=O) groups excluding carboxylic acids is 5. The first-order valence-electron chi connectivity index (χ1n) is 12.4. The molecule has 5 amide bonds. The van der Waals surface area contributed by atoms with E-state index in [0.717, 1.165) is 21.6 Å². The Morgan fingerprint density at radius 2 is 1.25 bits per heavy atom. The Balaban J connectivity index is 1.27. The van der Waals surface area contributed by atoms with E-state index in [4.69, 9.17) is 9.47 Å². The fourth-order valence-corrected chi connectivity index (χ4v) is 3.93. The van der Waals surface area contributed by atoms with Gasteiger partial charge in [0.25, 0.3) is 17.7 Å². The topological polar surface area (TPSA) is 143 Å². The van der Waals surface area contributed by atoms with E-state index in [2.05, 4.69) is 16.0 Å². The lowest BCUT2D eigenvalue weighted by molar-refractivity contribution is 0.0692. The number of nitrogens with one attached hydrogen (secondary N) is 3. The van der Waals surface area contributed by atoms with Crippen LogP contribution in [0.5, 0.6) is 0 Å². The van der Waals surface area contributed by atoms with Crippen LogP contribution in [-0.2, 0) is 9.47 Å². The molecule has 0 spiro atoms. The third-order valence-electron chi connectivity index (χ3n) is 6.39. The maximum Gasteiger partial charge on any atom is 0.411 e. The Morgan fingerprint density at radius 1 is 0.675 bits per heavy atom. The molecule has 1 heterocycles. The van der Waals surface area contributed by atoms with Crippen LogP contribution in [0, 0.1) is 20.8 Å². The van der Waals surface area contributed by atoms with E-state index in [1.807, 2.05) is 26.0 Å². The average molecular weight is 545 g/mol. The molecule has 0 aliphatic carbocycles. The van der Waals surface area contributed by atoms with Gasteiger partial charge in [0.1, 0.15) is 13.2 Å². The Kier molecular flexibility index (Phi) is 8.13. The SMILES string of the molecule is Cc1ccc(NC(=O)OCCOC(=O)Nc2ccc(C)c(NC(=O)c3ccc4c(c3)C(=O)N(C)C4=O)c2)cc1C. The molecule has 1 aliphatic heterocycles. The summed E-state index contributed by atoms with van der Waals surface area (Å²) >= 11 is 0. The largest absolute Gasteiger partial charge is 0.446 e. The van der Waals surface area contributed by atoms with Crippen LogP contribution in [-0.4, -0.2) is 55.1 Å². The zero-order chi connectivity index (χ0) is 29.0. The van der Waals surface area contributed by atoms with Gasteiger partial charge in [-0.2, -0.15) is 0 Å². The van der Waals surface area contributed by atoms with Crippen molar-refractivity contribution in [3.63, 3.8) is 0 Å². The van der Waals surface area contributed by atoms with Crippen LogP contribution in [0.2, 0.25) is 0 Å². The van der Waals surface area contributed by atoms with E-state index in [-0.39, 0.29) is 29.9 Å². The highest BCUT2D eigenvalue weighted by molar-refractivity contribution is 6.22. The summed E-state index contributed by atoms with van der Waals surface area (Å²) < 4.78 is 10.1. The van der Waals surface area contributed by atoms with Crippen LogP contribution < -0.4 is 16.0 Å². The summed E-state index contributed by atoms with van der Waals surface area (Å²) in [4.78, 5) is 62.4. The van der Waals surface area contributed by atoms with E-state index in [1.54, 1.807) is 31.2 Å². The van der Waals surface area contributed by atoms with Gasteiger partial charge in [0.15, 0.2) is 0 Å². The van der Waals surface area contributed by atoms with Gasteiger partial charge in [0.2, 0.25) is 0 Å². The van der Waals surface area contributed by atoms with Gasteiger partial charge in [-0.1, -0.05) is 12.1 Å². The minimum Gasteiger partial charge on any atom is -0.446 e. The molecule has 40 heavy (non-hydrogen) atoms. The van der Waals surface area contributed by atoms with Crippen molar-refractivity contribution in [3.8, 4) is 0 Å². The normalized spacial score (nSPS) is 12.1. The van der Waals surface area contributed by atoms with Gasteiger partial charge in [0.05, 0.1) is 11.1 Å². The van der Waals surface area contributed by atoms with Crippen LogP contribution in [0.15, 0.2) is 54.6 Å². The number of hydrogen-bond acceptors (Lipinski definition) is 7. The molecule has 206 valence electrons. The molecule has 0 saturated heterocycles. The Hall–Kier alpha value is -5.19. The van der Waals surface area contributed by atoms with Crippen molar-refractivity contribution in [1.29, 1.82) is 0 Å². The molecular weight excluding hydrogens is 516 g/mol. The summed E-state index contributed by atoms with van der Waals surface area (Å²) in [6, 6.07) is 14.7. The fourth-order valence-electron chi connectivity index (χ4n) is 3.93. The number of amides is 5. The third kappa shape index (κ3) is 6.26. The summed E-state index contributed by atoms with van der Waals surface area (Å²) in [5.41, 5.74) is 4.86. The second-order valence-electron chi connectivity index (χ2n) is 9.23. The average Bonchev–Trinajstić information content (AvgIpc) is 3.14. The third-order valence-corrected chi connectivity index (χ3v) is 6.39. The highest BCUT2D eigenvalue weighted by atomic mass is 16.6. The highest BCUT2D eigenvalue weighted by Crippen LogP contribution is 2.25. The minimum atomic E-state index is -0.773. The molecule has 3 aromatic carbocycles. The number of aryl methyl sites for hydroxylation is 3. The molecule has 3 N–H and O–H groups in total. The number of fused-ring (bicyclic) bond motifs is 1. The van der Waals surface area contributed by atoms with Crippen molar-refractivity contribution < 1.29 is 33.4 Å². The quantitative estimate of drug-likeness (QED) is 0.284. The molecule has 0 aromatic heterocycles. The summed E-state index contributed by atoms with van der Waals surface area (Å²) in [6.45, 7) is 5.36. The van der Waals surface area contributed by atoms with E-state index in [0.29, 0.717) is 17.1 Å². The molecule has 1 aliphatic rings. The first-order valence-corrected chi connectivity index (χ1v) is 12.4. The first kappa shape index (κ1) is 27.8. The maximum absolute atomic E-state index is 12.9. The van der Waals surface area contributed by atoms with Crippen LogP contribution >= 0.6 is 0 Å². The zero-order valence-corrected chi connectivity index (χ0v) is 22.4. The summed E-state index contributed by atoms with van der Waals surface area (Å²) in [5.74, 6) is -1.37. The van der Waals surface area contributed by atoms with Crippen molar-refractivity contribution in [2.24, 2.45) is 0 Å². The number of carbonyl (C=O) groups is 5. The number of nitrogens with zero attached hydrogens (tertiary/aromatic N) is 1. The summed E-state index contributed by atoms with van der Waals surface area (Å²) in [5, 5.41) is 7.92. The van der Waals surface area contributed by atoms with Crippen LogP contribution in [0.3, 0.4) is 0 Å². The van der Waals surface area contributed by atoms with Crippen LogP contribution in [0.1, 0.15) is 47.8 Å². The van der Waals surface area contributed by atoms with Crippen molar-refractivity contribution in [3.05, 3.63) is 88.0 Å². The number of benzene rings is 3. The van der Waals surface area contributed by atoms with Crippen molar-refractivity contribution >= 4 is 47.0 Å². The predicted octanol–water partition coefficient (Wildman–Crippen LogP) is 4.89. The number of imide groups is 1. The molecule has 4 rings (SSSR count). The Bertz CT molecular complexity index is 1530. The molecule has 11 heteroatoms. The molecule has 0 bridgehead atoms. The molecule has 11 nitrogen and oxygen atoms in total. The number of anilines is 3. The van der Waals surface area contributed by atoms with E-state index in [9.17, 15) is 24.0 Å². The van der Waals surface area contributed by atoms with Gasteiger partial charge in [-0.15, -0.1) is 0 Å². The van der Waals surface area contributed by atoms with Crippen molar-refractivity contribution in [2.45, 2.75) is 20.8 Å². The van der Waals surface area contributed by atoms with Gasteiger partial charge in [-0.05, 0) is 79.9 Å². The van der Waals surface area contributed by atoms with E-state index < -0.39 is 29.9 Å². The first-order chi connectivity index (χ1) is 19.0. The van der Waals surface area contributed by atoms with Crippen molar-refractivity contribution in [1.82, 2.24) is 4.90 Å². The Labute approximate surface area is 230 Å². The summed E-state index contributed by atoms with van der Waals surface area (Å²) in [7, 11) is 1.38. The van der Waals surface area contributed by atoms with Gasteiger partial charge in [-0.25, -0.2) is 9.59 Å². The molecule has 0 unspecified atom stereocenters. The lowest BCUT2D eigenvalue weighted by Gasteiger charge is -2.12. The number of hydrogen-bond donors (Lipinski definition) is 3. The monoisotopic (exact) mass is 544 g/mol. The second-order valence-corrected chi connectivity index (χ2v) is 9.23. The molecule has 3 aromatic rings. The number of ether oxygens (including phenoxy) is 2. The van der Waals surface area contributed by atoms with Gasteiger partial charge in [0, 0.05) is 29.7 Å². The van der Waals surface area contributed by atoms with Crippen LogP contribution in [0.4, 0.5) is 26.7 Å².